The Labute approximate surface area is 232 Å². The topological polar surface area (TPSA) is 52.6 Å². The van der Waals surface area contributed by atoms with Crippen molar-refractivity contribution < 1.29 is 56.3 Å². The van der Waals surface area contributed by atoms with E-state index in [1.807, 2.05) is 0 Å². The van der Waals surface area contributed by atoms with Crippen LogP contribution in [0, 0.1) is 11.8 Å². The van der Waals surface area contributed by atoms with E-state index in [-0.39, 0.29) is 35.3 Å². The van der Waals surface area contributed by atoms with Crippen LogP contribution in [0.3, 0.4) is 0 Å². The number of fused-ring (bicyclic) bond motifs is 4. The maximum absolute atomic E-state index is 14.4. The first-order chi connectivity index (χ1) is 18.9. The Bertz CT molecular complexity index is 1400. The van der Waals surface area contributed by atoms with Crippen molar-refractivity contribution in [2.24, 2.45) is 11.8 Å². The monoisotopic (exact) mass is 638 g/mol. The molecule has 0 amide bonds. The van der Waals surface area contributed by atoms with Gasteiger partial charge in [0.25, 0.3) is 0 Å². The first-order valence-electron chi connectivity index (χ1n) is 13.1. The summed E-state index contributed by atoms with van der Waals surface area (Å²) in [6.07, 6.45) is -1.00. The molecule has 6 rings (SSSR count). The lowest BCUT2D eigenvalue weighted by atomic mass is 9.69. The largest absolute Gasteiger partial charge is 0.490 e. The molecule has 4 aliphatic rings. The van der Waals surface area contributed by atoms with Gasteiger partial charge in [-0.2, -0.15) is 47.9 Å². The van der Waals surface area contributed by atoms with E-state index in [9.17, 15) is 47.9 Å². The van der Waals surface area contributed by atoms with Crippen molar-refractivity contribution in [1.29, 1.82) is 0 Å². The highest BCUT2D eigenvalue weighted by molar-refractivity contribution is 8.33. The minimum absolute atomic E-state index is 0.0611. The van der Waals surface area contributed by atoms with E-state index < -0.39 is 43.7 Å². The van der Waals surface area contributed by atoms with Crippen molar-refractivity contribution in [3.05, 3.63) is 36.4 Å². The molecule has 1 unspecified atom stereocenters. The fourth-order valence-corrected chi connectivity index (χ4v) is 11.7. The SMILES string of the molecule is O=S(=O)(OS1(c2ccc3cc(OC4CC5CCC4CC5)ccc3c2)CCCC1)C(F)(F)C(F)(F)C(F)(F)C(F)(F)F. The molecule has 1 atom stereocenters. The highest BCUT2D eigenvalue weighted by atomic mass is 32.3. The third-order valence-electron chi connectivity index (χ3n) is 8.33. The van der Waals surface area contributed by atoms with Crippen molar-refractivity contribution in [1.82, 2.24) is 0 Å². The van der Waals surface area contributed by atoms with E-state index in [2.05, 4.69) is 3.63 Å². The van der Waals surface area contributed by atoms with Gasteiger partial charge in [0.15, 0.2) is 0 Å². The standard InChI is InChI=1S/C26H27F9O4S2/c27-23(28,25(31,32)33)24(29,30)26(34,35)41(36,37)39-40(11-1-2-12-40)21-10-8-18-14-20(9-7-19(18)15-21)38-22-13-16-3-5-17(22)6-4-16/h7-10,14-17,22H,1-6,11-13H2. The van der Waals surface area contributed by atoms with Gasteiger partial charge in [0.2, 0.25) is 0 Å². The van der Waals surface area contributed by atoms with Gasteiger partial charge in [0, 0.05) is 16.4 Å². The lowest BCUT2D eigenvalue weighted by Gasteiger charge is -2.42. The quantitative estimate of drug-likeness (QED) is 0.273. The van der Waals surface area contributed by atoms with Crippen LogP contribution in [0.1, 0.15) is 44.9 Å². The van der Waals surface area contributed by atoms with Crippen LogP contribution >= 0.6 is 10.3 Å². The molecule has 4 fully saturated rings. The normalized spacial score (nSPS) is 26.3. The van der Waals surface area contributed by atoms with E-state index >= 15 is 0 Å². The zero-order chi connectivity index (χ0) is 30.1. The fraction of sp³-hybridized carbons (Fsp3) is 0.615. The lowest BCUT2D eigenvalue weighted by molar-refractivity contribution is -0.382. The van der Waals surface area contributed by atoms with Crippen LogP contribution in [0.5, 0.6) is 5.75 Å². The average molecular weight is 639 g/mol. The van der Waals surface area contributed by atoms with Crippen molar-refractivity contribution in [3.63, 3.8) is 0 Å². The van der Waals surface area contributed by atoms with Gasteiger partial charge < -0.3 is 4.74 Å². The number of halogens is 9. The van der Waals surface area contributed by atoms with Crippen molar-refractivity contribution in [2.75, 3.05) is 11.5 Å². The van der Waals surface area contributed by atoms with Crippen LogP contribution in [-0.2, 0) is 13.7 Å². The molecule has 3 saturated carbocycles. The van der Waals surface area contributed by atoms with Gasteiger partial charge in [0.1, 0.15) is 11.9 Å². The number of benzene rings is 2. The number of rotatable bonds is 8. The molecular weight excluding hydrogens is 611 g/mol. The third-order valence-corrected chi connectivity index (χ3v) is 14.0. The van der Waals surface area contributed by atoms with Crippen LogP contribution in [-0.4, -0.2) is 49.3 Å². The molecule has 1 saturated heterocycles. The highest BCUT2D eigenvalue weighted by Gasteiger charge is 2.86. The molecule has 1 aliphatic heterocycles. The van der Waals surface area contributed by atoms with Gasteiger partial charge >= 0.3 is 33.4 Å². The molecule has 3 aliphatic carbocycles. The van der Waals surface area contributed by atoms with E-state index in [1.54, 1.807) is 18.2 Å². The van der Waals surface area contributed by atoms with Gasteiger partial charge in [-0.05, 0) is 91.8 Å². The van der Waals surface area contributed by atoms with E-state index in [0.717, 1.165) is 19.3 Å². The number of alkyl halides is 9. The average Bonchev–Trinajstić information content (AvgIpc) is 3.37. The molecule has 2 aromatic carbocycles. The summed E-state index contributed by atoms with van der Waals surface area (Å²) in [6.45, 7) is 0. The van der Waals surface area contributed by atoms with Crippen LogP contribution in [0.25, 0.3) is 10.8 Å². The molecule has 2 bridgehead atoms. The Morgan fingerprint density at radius 3 is 1.90 bits per heavy atom. The first-order valence-corrected chi connectivity index (χ1v) is 16.4. The molecular formula is C26H27F9O4S2. The molecule has 2 aromatic rings. The molecule has 0 radical (unpaired) electrons. The van der Waals surface area contributed by atoms with Crippen LogP contribution < -0.4 is 4.74 Å². The van der Waals surface area contributed by atoms with Crippen LogP contribution in [0.2, 0.25) is 0 Å². The highest BCUT2D eigenvalue weighted by Crippen LogP contribution is 2.65. The van der Waals surface area contributed by atoms with Crippen molar-refractivity contribution in [3.8, 4) is 5.75 Å². The summed E-state index contributed by atoms with van der Waals surface area (Å²) in [7, 11) is -10.3. The summed E-state index contributed by atoms with van der Waals surface area (Å²) in [5.74, 6) is -13.4. The number of ether oxygens (including phenoxy) is 1. The zero-order valence-electron chi connectivity index (χ0n) is 21.4. The Hall–Kier alpha value is -1.87. The molecule has 0 aromatic heterocycles. The summed E-state index contributed by atoms with van der Waals surface area (Å²) in [6, 6.07) is 9.43. The summed E-state index contributed by atoms with van der Waals surface area (Å²) in [5.41, 5.74) is 0. The van der Waals surface area contributed by atoms with Gasteiger partial charge in [-0.15, -0.1) is 0 Å². The van der Waals surface area contributed by atoms with E-state index in [0.29, 0.717) is 28.4 Å². The van der Waals surface area contributed by atoms with E-state index in [1.165, 1.54) is 31.0 Å². The second-order valence-electron chi connectivity index (χ2n) is 11.0. The predicted molar refractivity (Wildman–Crippen MR) is 134 cm³/mol. The van der Waals surface area contributed by atoms with Gasteiger partial charge in [-0.1, -0.05) is 22.4 Å². The maximum Gasteiger partial charge on any atom is 0.460 e. The number of hydrogen-bond acceptors (Lipinski definition) is 4. The van der Waals surface area contributed by atoms with Crippen molar-refractivity contribution in [2.45, 2.75) is 79.2 Å². The van der Waals surface area contributed by atoms with Crippen LogP contribution in [0.4, 0.5) is 39.5 Å². The molecule has 15 heteroatoms. The van der Waals surface area contributed by atoms with Gasteiger partial charge in [-0.3, -0.25) is 0 Å². The first kappa shape index (κ1) is 30.6. The fourth-order valence-electron chi connectivity index (χ4n) is 5.99. The summed E-state index contributed by atoms with van der Waals surface area (Å²) < 4.78 is 157. The van der Waals surface area contributed by atoms with Crippen LogP contribution in [0.15, 0.2) is 41.3 Å². The Kier molecular flexibility index (Phi) is 7.54. The minimum Gasteiger partial charge on any atom is -0.490 e. The molecule has 0 spiro atoms. The summed E-state index contributed by atoms with van der Waals surface area (Å²) >= 11 is 0. The molecule has 41 heavy (non-hydrogen) atoms. The smallest absolute Gasteiger partial charge is 0.460 e. The minimum atomic E-state index is -7.35. The summed E-state index contributed by atoms with van der Waals surface area (Å²) in [5, 5.41) is -5.73. The van der Waals surface area contributed by atoms with Gasteiger partial charge in [0.05, 0.1) is 0 Å². The molecule has 4 nitrogen and oxygen atoms in total. The van der Waals surface area contributed by atoms with Crippen molar-refractivity contribution >= 4 is 31.2 Å². The second kappa shape index (κ2) is 10.1. The zero-order valence-corrected chi connectivity index (χ0v) is 23.0. The second-order valence-corrected chi connectivity index (χ2v) is 15.8. The molecule has 230 valence electrons. The number of hydrogen-bond donors (Lipinski definition) is 0. The Morgan fingerprint density at radius 1 is 0.756 bits per heavy atom. The summed E-state index contributed by atoms with van der Waals surface area (Å²) in [4.78, 5) is 0.0611. The molecule has 0 N–H and O–H groups in total. The maximum atomic E-state index is 14.4. The van der Waals surface area contributed by atoms with E-state index in [4.69, 9.17) is 4.74 Å². The Morgan fingerprint density at radius 2 is 1.34 bits per heavy atom. The Balaban J connectivity index is 1.42. The van der Waals surface area contributed by atoms with Gasteiger partial charge in [-0.25, -0.2) is 3.63 Å². The lowest BCUT2D eigenvalue weighted by Crippen LogP contribution is -2.63. The molecule has 1 heterocycles. The predicted octanol–water partition coefficient (Wildman–Crippen LogP) is 8.44. The third kappa shape index (κ3) is 5.07.